The number of carbonyl (C=O) groups excluding carboxylic acids is 1. The number of nitrogens with one attached hydrogen (secondary N) is 1. The first-order valence-corrected chi connectivity index (χ1v) is 11.3. The second kappa shape index (κ2) is 8.73. The van der Waals surface area contributed by atoms with Gasteiger partial charge in [-0.05, 0) is 68.1 Å². The molecule has 0 aromatic heterocycles. The topological polar surface area (TPSA) is 75.7 Å². The van der Waals surface area contributed by atoms with Crippen LogP contribution in [0, 0.1) is 19.8 Å². The lowest BCUT2D eigenvalue weighted by Crippen LogP contribution is -2.43. The van der Waals surface area contributed by atoms with Gasteiger partial charge < -0.3 is 10.1 Å². The van der Waals surface area contributed by atoms with Crippen LogP contribution < -0.4 is 10.1 Å². The minimum Gasteiger partial charge on any atom is -0.495 e. The van der Waals surface area contributed by atoms with Gasteiger partial charge in [-0.2, -0.15) is 4.31 Å². The van der Waals surface area contributed by atoms with Crippen molar-refractivity contribution in [3.63, 3.8) is 0 Å². The fourth-order valence-corrected chi connectivity index (χ4v) is 5.60. The van der Waals surface area contributed by atoms with Crippen LogP contribution in [0.15, 0.2) is 41.3 Å². The maximum Gasteiger partial charge on any atom is 0.246 e. The van der Waals surface area contributed by atoms with Crippen molar-refractivity contribution in [2.24, 2.45) is 5.92 Å². The van der Waals surface area contributed by atoms with E-state index in [1.165, 1.54) is 23.5 Å². The summed E-state index contributed by atoms with van der Waals surface area (Å²) in [5.74, 6) is -0.367. The Labute approximate surface area is 176 Å². The predicted octanol–water partition coefficient (Wildman–Crippen LogP) is 4.00. The SMILES string of the molecule is COc1ccc(Cl)cc1S(=O)(=O)N1CCC[C@H](C(=O)Nc2cc(C)cc(C)c2)C1. The molecule has 1 atom stereocenters. The highest BCUT2D eigenvalue weighted by molar-refractivity contribution is 7.89. The summed E-state index contributed by atoms with van der Waals surface area (Å²) in [5, 5.41) is 3.24. The number of halogens is 1. The number of sulfonamides is 1. The van der Waals surface area contributed by atoms with E-state index in [-0.39, 0.29) is 23.1 Å². The molecule has 1 aliphatic rings. The molecule has 1 saturated heterocycles. The lowest BCUT2D eigenvalue weighted by atomic mass is 9.98. The van der Waals surface area contributed by atoms with Gasteiger partial charge in [0.2, 0.25) is 15.9 Å². The highest BCUT2D eigenvalue weighted by Crippen LogP contribution is 2.32. The van der Waals surface area contributed by atoms with E-state index < -0.39 is 15.9 Å². The molecule has 29 heavy (non-hydrogen) atoms. The van der Waals surface area contributed by atoms with Gasteiger partial charge in [0.25, 0.3) is 0 Å². The Morgan fingerprint density at radius 2 is 1.86 bits per heavy atom. The van der Waals surface area contributed by atoms with Gasteiger partial charge in [-0.25, -0.2) is 8.42 Å². The van der Waals surface area contributed by atoms with Crippen molar-refractivity contribution in [3.05, 3.63) is 52.5 Å². The number of carbonyl (C=O) groups is 1. The number of piperidine rings is 1. The number of rotatable bonds is 5. The summed E-state index contributed by atoms with van der Waals surface area (Å²) in [5.41, 5.74) is 2.84. The van der Waals surface area contributed by atoms with E-state index >= 15 is 0 Å². The molecule has 156 valence electrons. The first kappa shape index (κ1) is 21.6. The Bertz CT molecular complexity index is 1000. The number of hydrogen-bond acceptors (Lipinski definition) is 4. The molecule has 0 bridgehead atoms. The third-order valence-corrected chi connectivity index (χ3v) is 7.11. The van der Waals surface area contributed by atoms with Crippen LogP contribution in [0.2, 0.25) is 5.02 Å². The van der Waals surface area contributed by atoms with Crippen LogP contribution in [0.4, 0.5) is 5.69 Å². The minimum atomic E-state index is -3.84. The van der Waals surface area contributed by atoms with Crippen LogP contribution in [0.3, 0.4) is 0 Å². The van der Waals surface area contributed by atoms with Gasteiger partial charge in [-0.15, -0.1) is 0 Å². The number of anilines is 1. The molecule has 3 rings (SSSR count). The molecular weight excluding hydrogens is 412 g/mol. The average Bonchev–Trinajstić information content (AvgIpc) is 2.67. The van der Waals surface area contributed by atoms with Gasteiger partial charge in [-0.1, -0.05) is 17.7 Å². The van der Waals surface area contributed by atoms with Crippen LogP contribution in [0.1, 0.15) is 24.0 Å². The second-order valence-corrected chi connectivity index (χ2v) is 9.71. The highest BCUT2D eigenvalue weighted by atomic mass is 35.5. The summed E-state index contributed by atoms with van der Waals surface area (Å²) in [6.45, 7) is 4.41. The zero-order chi connectivity index (χ0) is 21.2. The standard InChI is InChI=1S/C21H25ClN2O4S/c1-14-9-15(2)11-18(10-14)23-21(25)16-5-4-8-24(13-16)29(26,27)20-12-17(22)6-7-19(20)28-3/h6-7,9-12,16H,4-5,8,13H2,1-3H3,(H,23,25)/t16-/m0/s1. The van der Waals surface area contributed by atoms with Crippen molar-refractivity contribution in [3.8, 4) is 5.75 Å². The lowest BCUT2D eigenvalue weighted by Gasteiger charge is -2.31. The summed E-state index contributed by atoms with van der Waals surface area (Å²) in [6.07, 6.45) is 1.24. The fourth-order valence-electron chi connectivity index (χ4n) is 3.66. The molecule has 6 nitrogen and oxygen atoms in total. The molecule has 0 unspecified atom stereocenters. The summed E-state index contributed by atoms with van der Waals surface area (Å²) >= 11 is 6.01. The van der Waals surface area contributed by atoms with Gasteiger partial charge >= 0.3 is 0 Å². The second-order valence-electron chi connectivity index (χ2n) is 7.36. The molecule has 1 heterocycles. The number of hydrogen-bond donors (Lipinski definition) is 1. The molecule has 1 fully saturated rings. The lowest BCUT2D eigenvalue weighted by molar-refractivity contribution is -0.120. The number of aryl methyl sites for hydroxylation is 2. The monoisotopic (exact) mass is 436 g/mol. The van der Waals surface area contributed by atoms with Crippen molar-refractivity contribution in [1.29, 1.82) is 0 Å². The van der Waals surface area contributed by atoms with E-state index in [1.54, 1.807) is 6.07 Å². The molecular formula is C21H25ClN2O4S. The van der Waals surface area contributed by atoms with E-state index in [4.69, 9.17) is 16.3 Å². The van der Waals surface area contributed by atoms with Crippen molar-refractivity contribution in [2.75, 3.05) is 25.5 Å². The van der Waals surface area contributed by atoms with Crippen molar-refractivity contribution in [1.82, 2.24) is 4.31 Å². The van der Waals surface area contributed by atoms with E-state index in [1.807, 2.05) is 32.0 Å². The van der Waals surface area contributed by atoms with Crippen LogP contribution in [-0.2, 0) is 14.8 Å². The normalized spacial score (nSPS) is 17.7. The van der Waals surface area contributed by atoms with E-state index in [0.717, 1.165) is 16.8 Å². The first-order valence-electron chi connectivity index (χ1n) is 9.43. The number of methoxy groups -OCH3 is 1. The van der Waals surface area contributed by atoms with Gasteiger partial charge in [0.05, 0.1) is 13.0 Å². The van der Waals surface area contributed by atoms with Crippen LogP contribution >= 0.6 is 11.6 Å². The maximum atomic E-state index is 13.2. The molecule has 0 radical (unpaired) electrons. The zero-order valence-electron chi connectivity index (χ0n) is 16.7. The number of nitrogens with zero attached hydrogens (tertiary/aromatic N) is 1. The summed E-state index contributed by atoms with van der Waals surface area (Å²) in [4.78, 5) is 12.8. The van der Waals surface area contributed by atoms with Gasteiger partial charge in [0.15, 0.2) is 0 Å². The third kappa shape index (κ3) is 4.91. The molecule has 1 N–H and O–H groups in total. The Morgan fingerprint density at radius 1 is 1.17 bits per heavy atom. The van der Waals surface area contributed by atoms with E-state index in [2.05, 4.69) is 5.32 Å². The fraction of sp³-hybridized carbons (Fsp3) is 0.381. The van der Waals surface area contributed by atoms with Gasteiger partial charge in [0.1, 0.15) is 10.6 Å². The first-order chi connectivity index (χ1) is 13.7. The molecule has 1 aliphatic heterocycles. The summed E-state index contributed by atoms with van der Waals surface area (Å²) in [6, 6.07) is 10.3. The van der Waals surface area contributed by atoms with Crippen LogP contribution in [0.5, 0.6) is 5.75 Å². The average molecular weight is 437 g/mol. The summed E-state index contributed by atoms with van der Waals surface area (Å²) < 4.78 is 32.9. The molecule has 0 saturated carbocycles. The Kier molecular flexibility index (Phi) is 6.51. The number of benzene rings is 2. The molecule has 0 spiro atoms. The third-order valence-electron chi connectivity index (χ3n) is 4.99. The molecule has 1 amide bonds. The van der Waals surface area contributed by atoms with E-state index in [0.29, 0.717) is 24.4 Å². The predicted molar refractivity (Wildman–Crippen MR) is 114 cm³/mol. The van der Waals surface area contributed by atoms with Crippen molar-refractivity contribution in [2.45, 2.75) is 31.6 Å². The zero-order valence-corrected chi connectivity index (χ0v) is 18.3. The number of ether oxygens (including phenoxy) is 1. The van der Waals surface area contributed by atoms with Gasteiger partial charge in [-0.3, -0.25) is 4.79 Å². The van der Waals surface area contributed by atoms with Crippen molar-refractivity contribution >= 4 is 33.2 Å². The molecule has 2 aromatic carbocycles. The van der Waals surface area contributed by atoms with E-state index in [9.17, 15) is 13.2 Å². The Morgan fingerprint density at radius 3 is 2.52 bits per heavy atom. The Hall–Kier alpha value is -2.09. The molecule has 8 heteroatoms. The number of amides is 1. The minimum absolute atomic E-state index is 0.0165. The smallest absolute Gasteiger partial charge is 0.246 e. The maximum absolute atomic E-state index is 13.2. The van der Waals surface area contributed by atoms with Gasteiger partial charge in [0, 0.05) is 23.8 Å². The Balaban J connectivity index is 1.79. The molecule has 2 aromatic rings. The van der Waals surface area contributed by atoms with Crippen LogP contribution in [0.25, 0.3) is 0 Å². The van der Waals surface area contributed by atoms with Crippen LogP contribution in [-0.4, -0.2) is 38.8 Å². The largest absolute Gasteiger partial charge is 0.495 e. The molecule has 0 aliphatic carbocycles. The highest BCUT2D eigenvalue weighted by Gasteiger charge is 2.35. The van der Waals surface area contributed by atoms with Crippen molar-refractivity contribution < 1.29 is 17.9 Å². The summed E-state index contributed by atoms with van der Waals surface area (Å²) in [7, 11) is -2.42. The quantitative estimate of drug-likeness (QED) is 0.768.